The topological polar surface area (TPSA) is 231 Å². The van der Waals surface area contributed by atoms with Gasteiger partial charge in [0.2, 0.25) is 11.8 Å². The number of amides is 3. The number of carboxylic acids is 2. The van der Waals surface area contributed by atoms with Gasteiger partial charge < -0.3 is 31.9 Å². The van der Waals surface area contributed by atoms with Gasteiger partial charge in [-0.05, 0) is 56.0 Å². The van der Waals surface area contributed by atoms with E-state index in [2.05, 4.69) is 16.0 Å². The van der Waals surface area contributed by atoms with Crippen molar-refractivity contribution < 1.29 is 39.1 Å². The van der Waals surface area contributed by atoms with Gasteiger partial charge in [-0.2, -0.15) is 0 Å². The summed E-state index contributed by atoms with van der Waals surface area (Å²) in [5, 5.41) is 37.8. The predicted molar refractivity (Wildman–Crippen MR) is 148 cm³/mol. The second-order valence-corrected chi connectivity index (χ2v) is 10.2. The van der Waals surface area contributed by atoms with Crippen LogP contribution in [0.2, 0.25) is 0 Å². The number of carboxylic acid groups (broad SMARTS) is 2. The molecule has 218 valence electrons. The molecule has 2 aromatic rings. The minimum Gasteiger partial charge on any atom is -0.481 e. The van der Waals surface area contributed by atoms with Gasteiger partial charge in [0, 0.05) is 34.9 Å². The van der Waals surface area contributed by atoms with Crippen LogP contribution in [0.15, 0.2) is 41.3 Å². The van der Waals surface area contributed by atoms with Crippen LogP contribution in [0.4, 0.5) is 11.4 Å². The fraction of sp³-hybridized carbons (Fsp3) is 0.346. The molecule has 1 aliphatic heterocycles. The molecule has 0 spiro atoms. The summed E-state index contributed by atoms with van der Waals surface area (Å²) in [4.78, 5) is 73.9. The summed E-state index contributed by atoms with van der Waals surface area (Å²) in [6.07, 6.45) is 0.364. The molecule has 0 fully saturated rings. The first-order chi connectivity index (χ1) is 19.5. The highest BCUT2D eigenvalue weighted by atomic mass is 32.2. The number of nitrogens with two attached hydrogens (primary N) is 1. The van der Waals surface area contributed by atoms with Crippen molar-refractivity contribution in [2.24, 2.45) is 5.73 Å². The van der Waals surface area contributed by atoms with Crippen molar-refractivity contribution in [3.63, 3.8) is 0 Å². The van der Waals surface area contributed by atoms with Crippen LogP contribution in [0.1, 0.15) is 58.4 Å². The SMILES string of the molecule is NCCCC[C@@H]1NC(=O)[C@H](CCC(=O)O)NC(=O)c2cc([N+](=O)[O-])ccc2SCc2ccc(C(=O)O)cc2NC1=O. The van der Waals surface area contributed by atoms with Gasteiger partial charge in [0.1, 0.15) is 12.1 Å². The van der Waals surface area contributed by atoms with E-state index in [0.29, 0.717) is 29.8 Å². The second kappa shape index (κ2) is 14.2. The number of nitrogens with zero attached hydrogens (tertiary/aromatic N) is 1. The number of anilines is 1. The summed E-state index contributed by atoms with van der Waals surface area (Å²) in [7, 11) is 0. The monoisotopic (exact) mass is 587 g/mol. The van der Waals surface area contributed by atoms with Gasteiger partial charge in [0.05, 0.1) is 16.1 Å². The zero-order valence-electron chi connectivity index (χ0n) is 21.8. The number of aromatic carboxylic acids is 1. The third-order valence-corrected chi connectivity index (χ3v) is 7.39. The van der Waals surface area contributed by atoms with E-state index in [1.165, 1.54) is 30.3 Å². The fourth-order valence-electron chi connectivity index (χ4n) is 4.07. The van der Waals surface area contributed by atoms with Crippen LogP contribution in [0, 0.1) is 10.1 Å². The standard InChI is InChI=1S/C26H29N5O9S/c27-10-2-1-3-18-24(35)30-20-11-14(26(37)38)4-5-15(20)13-41-21-8-6-16(31(39)40)12-17(21)23(34)28-19(25(36)29-18)7-9-22(32)33/h4-6,8,11-12,18-19H,1-3,7,9-10,13,27H2,(H,28,34)(H,29,36)(H,30,35)(H,32,33)(H,37,38)/t18-,19-/m0/s1. The molecule has 41 heavy (non-hydrogen) atoms. The number of carbonyl (C=O) groups excluding carboxylic acids is 3. The maximum Gasteiger partial charge on any atom is 0.335 e. The molecule has 3 amide bonds. The predicted octanol–water partition coefficient (Wildman–Crippen LogP) is 2.11. The summed E-state index contributed by atoms with van der Waals surface area (Å²) in [6.45, 7) is 0.340. The molecule has 1 aliphatic rings. The second-order valence-electron chi connectivity index (χ2n) is 9.20. The van der Waals surface area contributed by atoms with Crippen molar-refractivity contribution in [3.05, 3.63) is 63.2 Å². The largest absolute Gasteiger partial charge is 0.481 e. The summed E-state index contributed by atoms with van der Waals surface area (Å²) >= 11 is 1.10. The van der Waals surface area contributed by atoms with Crippen LogP contribution >= 0.6 is 11.8 Å². The zero-order valence-corrected chi connectivity index (χ0v) is 22.6. The molecule has 15 heteroatoms. The summed E-state index contributed by atoms with van der Waals surface area (Å²) in [5.74, 6) is -4.62. The van der Waals surface area contributed by atoms with Crippen LogP contribution in [-0.2, 0) is 20.1 Å². The number of fused-ring (bicyclic) bond motifs is 2. The Balaban J connectivity index is 2.11. The van der Waals surface area contributed by atoms with E-state index >= 15 is 0 Å². The molecule has 0 saturated heterocycles. The Hall–Kier alpha value is -4.50. The number of thioether (sulfide) groups is 1. The number of aliphatic carboxylic acids is 1. The molecule has 0 bridgehead atoms. The molecule has 1 heterocycles. The number of hydrogen-bond donors (Lipinski definition) is 6. The number of nitro benzene ring substituents is 1. The molecule has 0 aromatic heterocycles. The molecule has 0 unspecified atom stereocenters. The van der Waals surface area contributed by atoms with Crippen molar-refractivity contribution >= 4 is 52.8 Å². The number of unbranched alkanes of at least 4 members (excludes halogenated alkanes) is 1. The normalized spacial score (nSPS) is 17.6. The summed E-state index contributed by atoms with van der Waals surface area (Å²) in [6, 6.07) is 5.27. The van der Waals surface area contributed by atoms with Gasteiger partial charge >= 0.3 is 11.9 Å². The van der Waals surface area contributed by atoms with Crippen molar-refractivity contribution in [1.82, 2.24) is 10.6 Å². The van der Waals surface area contributed by atoms with Crippen LogP contribution < -0.4 is 21.7 Å². The molecule has 2 aromatic carbocycles. The van der Waals surface area contributed by atoms with E-state index in [0.717, 1.165) is 17.8 Å². The maximum atomic E-state index is 13.3. The molecule has 7 N–H and O–H groups in total. The van der Waals surface area contributed by atoms with Crippen LogP contribution in [-0.4, -0.2) is 63.4 Å². The quantitative estimate of drug-likeness (QED) is 0.141. The number of carbonyl (C=O) groups is 5. The Morgan fingerprint density at radius 1 is 1.00 bits per heavy atom. The van der Waals surface area contributed by atoms with Crippen LogP contribution in [0.5, 0.6) is 0 Å². The average Bonchev–Trinajstić information content (AvgIpc) is 2.92. The van der Waals surface area contributed by atoms with E-state index in [1.54, 1.807) is 0 Å². The number of non-ortho nitro benzene ring substituents is 1. The van der Waals surface area contributed by atoms with E-state index in [9.17, 15) is 44.3 Å². The third-order valence-electron chi connectivity index (χ3n) is 6.27. The molecular formula is C26H29N5O9S. The number of benzene rings is 2. The van der Waals surface area contributed by atoms with Crippen LogP contribution in [0.3, 0.4) is 0 Å². The van der Waals surface area contributed by atoms with Gasteiger partial charge in [0.25, 0.3) is 11.6 Å². The lowest BCUT2D eigenvalue weighted by Gasteiger charge is -2.24. The number of nitrogens with one attached hydrogen (secondary N) is 3. The molecular weight excluding hydrogens is 558 g/mol. The lowest BCUT2D eigenvalue weighted by Crippen LogP contribution is -2.53. The van der Waals surface area contributed by atoms with E-state index in [1.807, 2.05) is 0 Å². The molecule has 3 rings (SSSR count). The minimum atomic E-state index is -1.38. The van der Waals surface area contributed by atoms with E-state index in [-0.39, 0.29) is 41.1 Å². The number of nitro groups is 1. The average molecular weight is 588 g/mol. The van der Waals surface area contributed by atoms with Crippen molar-refractivity contribution in [2.45, 2.75) is 54.8 Å². The molecule has 0 saturated carbocycles. The van der Waals surface area contributed by atoms with Crippen molar-refractivity contribution in [1.29, 1.82) is 0 Å². The zero-order chi connectivity index (χ0) is 30.1. The lowest BCUT2D eigenvalue weighted by atomic mass is 10.0. The number of hydrogen-bond acceptors (Lipinski definition) is 9. The molecule has 0 aliphatic carbocycles. The maximum absolute atomic E-state index is 13.3. The highest BCUT2D eigenvalue weighted by Crippen LogP contribution is 2.32. The van der Waals surface area contributed by atoms with Gasteiger partial charge in [-0.15, -0.1) is 11.8 Å². The van der Waals surface area contributed by atoms with E-state index < -0.39 is 53.1 Å². The van der Waals surface area contributed by atoms with Gasteiger partial charge in [0.15, 0.2) is 0 Å². The highest BCUT2D eigenvalue weighted by molar-refractivity contribution is 7.98. The summed E-state index contributed by atoms with van der Waals surface area (Å²) < 4.78 is 0. The molecule has 14 nitrogen and oxygen atoms in total. The molecule has 2 atom stereocenters. The fourth-order valence-corrected chi connectivity index (χ4v) is 5.10. The highest BCUT2D eigenvalue weighted by Gasteiger charge is 2.29. The van der Waals surface area contributed by atoms with Gasteiger partial charge in [-0.25, -0.2) is 4.79 Å². The van der Waals surface area contributed by atoms with Crippen molar-refractivity contribution in [3.8, 4) is 0 Å². The van der Waals surface area contributed by atoms with Crippen LogP contribution in [0.25, 0.3) is 0 Å². The molecule has 0 radical (unpaired) electrons. The van der Waals surface area contributed by atoms with E-state index in [4.69, 9.17) is 5.73 Å². The number of rotatable bonds is 9. The Labute approximate surface area is 238 Å². The first kappa shape index (κ1) is 31.0. The first-order valence-electron chi connectivity index (χ1n) is 12.6. The van der Waals surface area contributed by atoms with Gasteiger partial charge in [-0.1, -0.05) is 6.07 Å². The smallest absolute Gasteiger partial charge is 0.335 e. The Bertz CT molecular complexity index is 1370. The lowest BCUT2D eigenvalue weighted by molar-refractivity contribution is -0.384. The Kier molecular flexibility index (Phi) is 10.8. The van der Waals surface area contributed by atoms with Gasteiger partial charge in [-0.3, -0.25) is 29.3 Å². The van der Waals surface area contributed by atoms with Crippen molar-refractivity contribution in [2.75, 3.05) is 11.9 Å². The third kappa shape index (κ3) is 8.49. The Morgan fingerprint density at radius 3 is 2.39 bits per heavy atom. The first-order valence-corrected chi connectivity index (χ1v) is 13.6. The minimum absolute atomic E-state index is 0.0944. The Morgan fingerprint density at radius 2 is 1.73 bits per heavy atom. The summed E-state index contributed by atoms with van der Waals surface area (Å²) in [5.41, 5.74) is 5.67.